The average Bonchev–Trinajstić information content (AvgIpc) is 3.24. The Bertz CT molecular complexity index is 693. The van der Waals surface area contributed by atoms with Crippen LogP contribution in [0.1, 0.15) is 61.3 Å². The molecule has 1 amide bonds. The van der Waals surface area contributed by atoms with Crippen molar-refractivity contribution < 1.29 is 13.9 Å². The number of carbonyl (C=O) groups is 1. The fourth-order valence-electron chi connectivity index (χ4n) is 2.66. The minimum atomic E-state index is -0.360. The summed E-state index contributed by atoms with van der Waals surface area (Å²) in [6.45, 7) is 8.18. The van der Waals surface area contributed by atoms with E-state index in [1.807, 2.05) is 13.8 Å². The first-order chi connectivity index (χ1) is 11.6. The van der Waals surface area contributed by atoms with Gasteiger partial charge in [0, 0.05) is 25.2 Å². The molecule has 0 bridgehead atoms. The second-order valence-corrected chi connectivity index (χ2v) is 6.21. The molecule has 24 heavy (non-hydrogen) atoms. The second kappa shape index (κ2) is 7.12. The maximum Gasteiger partial charge on any atom is 0.257 e. The van der Waals surface area contributed by atoms with E-state index in [9.17, 15) is 4.79 Å². The Morgan fingerprint density at radius 3 is 2.96 bits per heavy atom. The van der Waals surface area contributed by atoms with Crippen LogP contribution in [0.2, 0.25) is 0 Å². The number of aromatic nitrogens is 4. The van der Waals surface area contributed by atoms with E-state index in [1.54, 1.807) is 22.0 Å². The Labute approximate surface area is 140 Å². The van der Waals surface area contributed by atoms with Gasteiger partial charge in [-0.15, -0.1) is 10.2 Å². The van der Waals surface area contributed by atoms with E-state index in [-0.39, 0.29) is 17.9 Å². The van der Waals surface area contributed by atoms with Crippen LogP contribution >= 0.6 is 0 Å². The van der Waals surface area contributed by atoms with Crippen LogP contribution in [-0.4, -0.2) is 50.5 Å². The number of carbonyl (C=O) groups excluding carboxylic acids is 1. The Morgan fingerprint density at radius 1 is 1.42 bits per heavy atom. The lowest BCUT2D eigenvalue weighted by Crippen LogP contribution is -2.43. The van der Waals surface area contributed by atoms with Gasteiger partial charge in [-0.1, -0.05) is 20.8 Å². The maximum absolute atomic E-state index is 12.9. The van der Waals surface area contributed by atoms with Crippen molar-refractivity contribution in [1.82, 2.24) is 24.9 Å². The third-order valence-electron chi connectivity index (χ3n) is 3.96. The molecule has 1 fully saturated rings. The van der Waals surface area contributed by atoms with Crippen molar-refractivity contribution in [3.8, 4) is 0 Å². The number of amides is 1. The second-order valence-electron chi connectivity index (χ2n) is 6.21. The highest BCUT2D eigenvalue weighted by Crippen LogP contribution is 2.26. The lowest BCUT2D eigenvalue weighted by atomic mass is 10.2. The van der Waals surface area contributed by atoms with Crippen LogP contribution in [0.5, 0.6) is 0 Å². The summed E-state index contributed by atoms with van der Waals surface area (Å²) in [6, 6.07) is -0.360. The van der Waals surface area contributed by atoms with Crippen molar-refractivity contribution in [2.45, 2.75) is 45.7 Å². The number of aryl methyl sites for hydroxylation is 1. The third-order valence-corrected chi connectivity index (χ3v) is 3.96. The van der Waals surface area contributed by atoms with Gasteiger partial charge in [0.25, 0.3) is 5.91 Å². The monoisotopic (exact) mass is 333 g/mol. The molecule has 0 radical (unpaired) electrons. The first-order valence-electron chi connectivity index (χ1n) is 8.34. The summed E-state index contributed by atoms with van der Waals surface area (Å²) in [7, 11) is 0. The van der Waals surface area contributed by atoms with Crippen LogP contribution in [0.4, 0.5) is 0 Å². The largest absolute Gasteiger partial charge is 0.423 e. The molecular weight excluding hydrogens is 310 g/mol. The number of hydrogen-bond donors (Lipinski definition) is 0. The van der Waals surface area contributed by atoms with Crippen LogP contribution in [0.25, 0.3) is 0 Å². The smallest absolute Gasteiger partial charge is 0.257 e. The zero-order valence-corrected chi connectivity index (χ0v) is 14.3. The quantitative estimate of drug-likeness (QED) is 0.832. The van der Waals surface area contributed by atoms with Gasteiger partial charge in [-0.25, -0.2) is 0 Å². The van der Waals surface area contributed by atoms with E-state index >= 15 is 0 Å². The molecule has 2 aromatic rings. The molecule has 2 aromatic heterocycles. The molecule has 3 heterocycles. The van der Waals surface area contributed by atoms with Gasteiger partial charge in [0.1, 0.15) is 6.04 Å². The first kappa shape index (κ1) is 16.6. The van der Waals surface area contributed by atoms with Crippen molar-refractivity contribution in [1.29, 1.82) is 0 Å². The molecular formula is C16H23N5O3. The van der Waals surface area contributed by atoms with E-state index in [0.29, 0.717) is 37.1 Å². The molecule has 0 aliphatic carbocycles. The molecule has 8 nitrogen and oxygen atoms in total. The summed E-state index contributed by atoms with van der Waals surface area (Å²) in [5, 5.41) is 12.4. The molecule has 0 aromatic carbocycles. The van der Waals surface area contributed by atoms with Gasteiger partial charge < -0.3 is 14.1 Å². The number of morpholine rings is 1. The Kier molecular flexibility index (Phi) is 4.94. The van der Waals surface area contributed by atoms with Gasteiger partial charge in [-0.3, -0.25) is 9.48 Å². The highest BCUT2D eigenvalue weighted by molar-refractivity contribution is 5.94. The maximum atomic E-state index is 12.9. The minimum Gasteiger partial charge on any atom is -0.423 e. The molecule has 130 valence electrons. The molecule has 0 saturated carbocycles. The van der Waals surface area contributed by atoms with Crippen molar-refractivity contribution in [2.24, 2.45) is 0 Å². The summed E-state index contributed by atoms with van der Waals surface area (Å²) in [4.78, 5) is 14.6. The van der Waals surface area contributed by atoms with Gasteiger partial charge in [-0.05, 0) is 6.42 Å². The van der Waals surface area contributed by atoms with Gasteiger partial charge >= 0.3 is 0 Å². The van der Waals surface area contributed by atoms with E-state index in [4.69, 9.17) is 9.15 Å². The van der Waals surface area contributed by atoms with Crippen LogP contribution in [0.3, 0.4) is 0 Å². The van der Waals surface area contributed by atoms with E-state index < -0.39 is 0 Å². The van der Waals surface area contributed by atoms with E-state index in [1.165, 1.54) is 0 Å². The summed E-state index contributed by atoms with van der Waals surface area (Å²) >= 11 is 0. The fourth-order valence-corrected chi connectivity index (χ4v) is 2.66. The molecule has 3 rings (SSSR count). The Balaban J connectivity index is 1.81. The first-order valence-corrected chi connectivity index (χ1v) is 8.34. The lowest BCUT2D eigenvalue weighted by molar-refractivity contribution is -0.0107. The highest BCUT2D eigenvalue weighted by Gasteiger charge is 2.34. The zero-order valence-electron chi connectivity index (χ0n) is 14.3. The SMILES string of the molecule is CCCn1cc(C(=O)N2CCOCC2c2nnc(C(C)C)o2)cn1. The topological polar surface area (TPSA) is 86.3 Å². The molecule has 1 aliphatic rings. The summed E-state index contributed by atoms with van der Waals surface area (Å²) in [5.41, 5.74) is 0.568. The average molecular weight is 333 g/mol. The van der Waals surface area contributed by atoms with Crippen molar-refractivity contribution >= 4 is 5.91 Å². The van der Waals surface area contributed by atoms with E-state index in [2.05, 4.69) is 22.2 Å². The predicted molar refractivity (Wildman–Crippen MR) is 85.5 cm³/mol. The number of rotatable bonds is 5. The molecule has 1 unspecified atom stereocenters. The third kappa shape index (κ3) is 3.33. The predicted octanol–water partition coefficient (Wildman–Crippen LogP) is 2.01. The van der Waals surface area contributed by atoms with Gasteiger partial charge in [0.15, 0.2) is 0 Å². The van der Waals surface area contributed by atoms with E-state index in [0.717, 1.165) is 13.0 Å². The summed E-state index contributed by atoms with van der Waals surface area (Å²) < 4.78 is 13.0. The number of nitrogens with zero attached hydrogens (tertiary/aromatic N) is 5. The van der Waals surface area contributed by atoms with Gasteiger partial charge in [-0.2, -0.15) is 5.10 Å². The number of hydrogen-bond acceptors (Lipinski definition) is 6. The summed E-state index contributed by atoms with van der Waals surface area (Å²) in [6.07, 6.45) is 4.36. The molecule has 1 saturated heterocycles. The Morgan fingerprint density at radius 2 is 2.25 bits per heavy atom. The van der Waals surface area contributed by atoms with Crippen LogP contribution < -0.4 is 0 Å². The molecule has 1 atom stereocenters. The number of ether oxygens (including phenoxy) is 1. The molecule has 1 aliphatic heterocycles. The van der Waals surface area contributed by atoms with Crippen LogP contribution in [-0.2, 0) is 11.3 Å². The normalized spacial score (nSPS) is 18.3. The Hall–Kier alpha value is -2.22. The minimum absolute atomic E-state index is 0.0880. The molecule has 8 heteroatoms. The molecule has 0 spiro atoms. The lowest BCUT2D eigenvalue weighted by Gasteiger charge is -2.33. The highest BCUT2D eigenvalue weighted by atomic mass is 16.5. The van der Waals surface area contributed by atoms with Crippen molar-refractivity contribution in [2.75, 3.05) is 19.8 Å². The fraction of sp³-hybridized carbons (Fsp3) is 0.625. The van der Waals surface area contributed by atoms with Gasteiger partial charge in [0.2, 0.25) is 11.8 Å². The zero-order chi connectivity index (χ0) is 17.1. The van der Waals surface area contributed by atoms with Crippen LogP contribution in [0, 0.1) is 0 Å². The molecule has 0 N–H and O–H groups in total. The summed E-state index contributed by atoms with van der Waals surface area (Å²) in [5.74, 6) is 1.05. The standard InChI is InChI=1S/C16H23N5O3/c1-4-5-20-9-12(8-17-20)16(22)21-6-7-23-10-13(21)15-19-18-14(24-15)11(2)3/h8-9,11,13H,4-7,10H2,1-3H3. The van der Waals surface area contributed by atoms with Crippen LogP contribution in [0.15, 0.2) is 16.8 Å². The van der Waals surface area contributed by atoms with Crippen molar-refractivity contribution in [3.05, 3.63) is 29.7 Å². The van der Waals surface area contributed by atoms with Crippen molar-refractivity contribution in [3.63, 3.8) is 0 Å². The van der Waals surface area contributed by atoms with Gasteiger partial charge in [0.05, 0.1) is 25.0 Å².